The zero-order valence-electron chi connectivity index (χ0n) is 13.0. The number of anilines is 1. The molecular formula is C16H24N4O. The molecule has 1 aromatic carbocycles. The van der Waals surface area contributed by atoms with E-state index in [1.165, 1.54) is 4.90 Å². The third-order valence-electron chi connectivity index (χ3n) is 3.92. The van der Waals surface area contributed by atoms with Crippen molar-refractivity contribution >= 4 is 17.7 Å². The molecule has 2 amide bonds. The van der Waals surface area contributed by atoms with Crippen LogP contribution in [0.5, 0.6) is 0 Å². The van der Waals surface area contributed by atoms with Crippen molar-refractivity contribution < 1.29 is 4.79 Å². The maximum atomic E-state index is 12.8. The number of amides is 2. The fourth-order valence-corrected chi connectivity index (χ4v) is 2.60. The van der Waals surface area contributed by atoms with Crippen LogP contribution < -0.4 is 10.6 Å². The molecule has 0 aromatic heterocycles. The minimum atomic E-state index is -0.200. The van der Waals surface area contributed by atoms with Crippen molar-refractivity contribution in [1.29, 1.82) is 5.41 Å². The van der Waals surface area contributed by atoms with Gasteiger partial charge in [-0.2, -0.15) is 0 Å². The molecule has 5 heteroatoms. The topological polar surface area (TPSA) is 73.4 Å². The van der Waals surface area contributed by atoms with Gasteiger partial charge in [0, 0.05) is 13.1 Å². The number of guanidine groups is 1. The van der Waals surface area contributed by atoms with Gasteiger partial charge in [-0.3, -0.25) is 15.2 Å². The van der Waals surface area contributed by atoms with Gasteiger partial charge in [0.25, 0.3) is 0 Å². The summed E-state index contributed by atoms with van der Waals surface area (Å²) < 4.78 is 0. The van der Waals surface area contributed by atoms with E-state index in [0.29, 0.717) is 19.0 Å². The Morgan fingerprint density at radius 2 is 1.90 bits per heavy atom. The molecule has 3 N–H and O–H groups in total. The number of benzene rings is 1. The number of urea groups is 1. The molecular weight excluding hydrogens is 264 g/mol. The number of para-hydroxylation sites is 1. The second-order valence-corrected chi connectivity index (χ2v) is 5.71. The standard InChI is InChI=1S/C16H24N4O/c1-4-19(14-11(2)6-5-7-12(14)3)16(21)20(15(17)18)10-13-8-9-13/h5-7,13H,4,8-10H2,1-3H3,(H3,17,18). The highest BCUT2D eigenvalue weighted by Gasteiger charge is 2.31. The van der Waals surface area contributed by atoms with Crippen LogP contribution in [0, 0.1) is 25.2 Å². The maximum Gasteiger partial charge on any atom is 0.331 e. The summed E-state index contributed by atoms with van der Waals surface area (Å²) in [6.07, 6.45) is 2.24. The van der Waals surface area contributed by atoms with Gasteiger partial charge in [-0.25, -0.2) is 4.79 Å². The first-order valence-electron chi connectivity index (χ1n) is 7.45. The number of carbonyl (C=O) groups excluding carboxylic acids is 1. The van der Waals surface area contributed by atoms with E-state index < -0.39 is 0 Å². The molecule has 0 unspecified atom stereocenters. The van der Waals surface area contributed by atoms with Crippen LogP contribution in [0.4, 0.5) is 10.5 Å². The minimum absolute atomic E-state index is 0.170. The lowest BCUT2D eigenvalue weighted by Gasteiger charge is -2.31. The molecule has 0 spiro atoms. The smallest absolute Gasteiger partial charge is 0.331 e. The second kappa shape index (κ2) is 6.16. The van der Waals surface area contributed by atoms with Gasteiger partial charge in [-0.15, -0.1) is 0 Å². The highest BCUT2D eigenvalue weighted by Crippen LogP contribution is 2.31. The summed E-state index contributed by atoms with van der Waals surface area (Å²) in [5.41, 5.74) is 8.66. The minimum Gasteiger partial charge on any atom is -0.370 e. The fraction of sp³-hybridized carbons (Fsp3) is 0.500. The summed E-state index contributed by atoms with van der Waals surface area (Å²) in [6.45, 7) is 7.04. The normalized spacial score (nSPS) is 13.9. The molecule has 5 nitrogen and oxygen atoms in total. The lowest BCUT2D eigenvalue weighted by molar-refractivity contribution is 0.225. The van der Waals surface area contributed by atoms with E-state index in [4.69, 9.17) is 11.1 Å². The number of nitrogens with zero attached hydrogens (tertiary/aromatic N) is 2. The Hall–Kier alpha value is -2.04. The van der Waals surface area contributed by atoms with Crippen molar-refractivity contribution in [1.82, 2.24) is 4.90 Å². The number of hydrogen-bond acceptors (Lipinski definition) is 2. The zero-order chi connectivity index (χ0) is 15.6. The number of hydrogen-bond donors (Lipinski definition) is 2. The Morgan fingerprint density at radius 3 is 2.33 bits per heavy atom. The van der Waals surface area contributed by atoms with Crippen molar-refractivity contribution in [2.45, 2.75) is 33.6 Å². The summed E-state index contributed by atoms with van der Waals surface area (Å²) in [5.74, 6) is 0.325. The zero-order valence-corrected chi connectivity index (χ0v) is 13.0. The Labute approximate surface area is 126 Å². The molecule has 0 bridgehead atoms. The largest absolute Gasteiger partial charge is 0.370 e. The van der Waals surface area contributed by atoms with Gasteiger partial charge in [0.05, 0.1) is 5.69 Å². The number of nitrogens with two attached hydrogens (primary N) is 1. The second-order valence-electron chi connectivity index (χ2n) is 5.71. The van der Waals surface area contributed by atoms with Crippen LogP contribution in [0.2, 0.25) is 0 Å². The van der Waals surface area contributed by atoms with Crippen LogP contribution >= 0.6 is 0 Å². The van der Waals surface area contributed by atoms with Crippen LogP contribution in [-0.2, 0) is 0 Å². The van der Waals surface area contributed by atoms with E-state index in [-0.39, 0.29) is 12.0 Å². The first kappa shape index (κ1) is 15.4. The molecule has 1 aliphatic carbocycles. The van der Waals surface area contributed by atoms with E-state index >= 15 is 0 Å². The Bertz CT molecular complexity index is 531. The van der Waals surface area contributed by atoms with Crippen LogP contribution in [-0.4, -0.2) is 30.0 Å². The van der Waals surface area contributed by atoms with Crippen LogP contribution in [0.3, 0.4) is 0 Å². The summed E-state index contributed by atoms with van der Waals surface area (Å²) >= 11 is 0. The predicted octanol–water partition coefficient (Wildman–Crippen LogP) is 2.86. The van der Waals surface area contributed by atoms with E-state index in [0.717, 1.165) is 29.7 Å². The highest BCUT2D eigenvalue weighted by atomic mass is 16.2. The quantitative estimate of drug-likeness (QED) is 0.660. The van der Waals surface area contributed by atoms with Gasteiger partial charge in [-0.05, 0) is 50.7 Å². The molecule has 21 heavy (non-hydrogen) atoms. The Morgan fingerprint density at radius 1 is 1.33 bits per heavy atom. The first-order chi connectivity index (χ1) is 9.95. The van der Waals surface area contributed by atoms with Crippen molar-refractivity contribution in [3.05, 3.63) is 29.3 Å². The van der Waals surface area contributed by atoms with Gasteiger partial charge >= 0.3 is 6.03 Å². The molecule has 0 saturated heterocycles. The van der Waals surface area contributed by atoms with Crippen molar-refractivity contribution in [2.75, 3.05) is 18.0 Å². The molecule has 0 atom stereocenters. The highest BCUT2D eigenvalue weighted by molar-refractivity contribution is 6.03. The summed E-state index contributed by atoms with van der Waals surface area (Å²) in [7, 11) is 0. The van der Waals surface area contributed by atoms with Gasteiger partial charge in [-0.1, -0.05) is 18.2 Å². The van der Waals surface area contributed by atoms with E-state index in [1.807, 2.05) is 39.0 Å². The van der Waals surface area contributed by atoms with Crippen LogP contribution in [0.25, 0.3) is 0 Å². The summed E-state index contributed by atoms with van der Waals surface area (Å²) in [6, 6.07) is 5.78. The number of rotatable bonds is 4. The average molecular weight is 288 g/mol. The fourth-order valence-electron chi connectivity index (χ4n) is 2.60. The van der Waals surface area contributed by atoms with Crippen molar-refractivity contribution in [3.8, 4) is 0 Å². The number of aryl methyl sites for hydroxylation is 2. The van der Waals surface area contributed by atoms with E-state index in [2.05, 4.69) is 0 Å². The maximum absolute atomic E-state index is 12.8. The Kier molecular flexibility index (Phi) is 4.50. The van der Waals surface area contributed by atoms with E-state index in [9.17, 15) is 4.79 Å². The molecule has 1 aliphatic rings. The SMILES string of the molecule is CCN(C(=O)N(CC1CC1)C(=N)N)c1c(C)cccc1C. The average Bonchev–Trinajstić information content (AvgIpc) is 3.23. The molecule has 1 saturated carbocycles. The molecule has 0 radical (unpaired) electrons. The summed E-state index contributed by atoms with van der Waals surface area (Å²) in [5, 5.41) is 7.70. The predicted molar refractivity (Wildman–Crippen MR) is 85.7 cm³/mol. The van der Waals surface area contributed by atoms with Crippen LogP contribution in [0.1, 0.15) is 30.9 Å². The molecule has 0 heterocycles. The van der Waals surface area contributed by atoms with Gasteiger partial charge < -0.3 is 5.73 Å². The molecule has 0 aliphatic heterocycles. The van der Waals surface area contributed by atoms with Gasteiger partial charge in [0.15, 0.2) is 5.96 Å². The van der Waals surface area contributed by atoms with Crippen molar-refractivity contribution in [3.63, 3.8) is 0 Å². The third-order valence-corrected chi connectivity index (χ3v) is 3.92. The van der Waals surface area contributed by atoms with E-state index in [1.54, 1.807) is 4.90 Å². The van der Waals surface area contributed by atoms with Crippen LogP contribution in [0.15, 0.2) is 18.2 Å². The lowest BCUT2D eigenvalue weighted by Crippen LogP contribution is -2.50. The number of nitrogens with one attached hydrogen (secondary N) is 1. The lowest BCUT2D eigenvalue weighted by atomic mass is 10.1. The monoisotopic (exact) mass is 288 g/mol. The molecule has 1 fully saturated rings. The van der Waals surface area contributed by atoms with Gasteiger partial charge in [0.1, 0.15) is 0 Å². The van der Waals surface area contributed by atoms with Crippen molar-refractivity contribution in [2.24, 2.45) is 11.7 Å². The molecule has 1 aromatic rings. The van der Waals surface area contributed by atoms with Gasteiger partial charge in [0.2, 0.25) is 0 Å². The third kappa shape index (κ3) is 3.35. The molecule has 114 valence electrons. The Balaban J connectivity index is 2.30. The molecule has 2 rings (SSSR count). The number of carbonyl (C=O) groups is 1. The summed E-state index contributed by atoms with van der Waals surface area (Å²) in [4.78, 5) is 15.9. The first-order valence-corrected chi connectivity index (χ1v) is 7.45.